The van der Waals surface area contributed by atoms with Crippen molar-refractivity contribution in [3.05, 3.63) is 48.0 Å². The van der Waals surface area contributed by atoms with Crippen LogP contribution in [-0.2, 0) is 22.7 Å². The van der Waals surface area contributed by atoms with Gasteiger partial charge < -0.3 is 14.2 Å². The number of methoxy groups -OCH3 is 1. The van der Waals surface area contributed by atoms with Crippen LogP contribution in [0.2, 0.25) is 0 Å². The predicted octanol–water partition coefficient (Wildman–Crippen LogP) is 3.25. The Balaban J connectivity index is 1.68. The third kappa shape index (κ3) is 3.40. The van der Waals surface area contributed by atoms with Gasteiger partial charge in [0.1, 0.15) is 31.6 Å². The highest BCUT2D eigenvalue weighted by Crippen LogP contribution is 2.30. The number of aromatic nitrogens is 4. The Labute approximate surface area is 152 Å². The average Bonchev–Trinajstić information content (AvgIpc) is 3.07. The monoisotopic (exact) mass is 354 g/mol. The van der Waals surface area contributed by atoms with Crippen molar-refractivity contribution in [2.75, 3.05) is 13.7 Å². The van der Waals surface area contributed by atoms with E-state index >= 15 is 0 Å². The molecule has 4 rings (SSSR count). The third-order valence-corrected chi connectivity index (χ3v) is 4.45. The highest BCUT2D eigenvalue weighted by Gasteiger charge is 2.24. The summed E-state index contributed by atoms with van der Waals surface area (Å²) in [6.45, 7) is 1.56. The summed E-state index contributed by atoms with van der Waals surface area (Å²) >= 11 is 0. The van der Waals surface area contributed by atoms with E-state index < -0.39 is 0 Å². The van der Waals surface area contributed by atoms with Crippen LogP contribution in [0, 0.1) is 0 Å². The Morgan fingerprint density at radius 2 is 2.04 bits per heavy atom. The summed E-state index contributed by atoms with van der Waals surface area (Å²) in [6.07, 6.45) is 4.59. The second-order valence-electron chi connectivity index (χ2n) is 6.28. The van der Waals surface area contributed by atoms with Gasteiger partial charge in [0.2, 0.25) is 5.88 Å². The van der Waals surface area contributed by atoms with Gasteiger partial charge in [-0.2, -0.15) is 4.98 Å². The molecule has 0 bridgehead atoms. The Morgan fingerprint density at radius 3 is 2.81 bits per heavy atom. The zero-order chi connectivity index (χ0) is 17.8. The zero-order valence-corrected chi connectivity index (χ0v) is 14.8. The minimum atomic E-state index is -0.0734. The van der Waals surface area contributed by atoms with E-state index in [4.69, 9.17) is 19.2 Å². The number of hydrogen-bond acceptors (Lipinski definition) is 6. The van der Waals surface area contributed by atoms with Crippen molar-refractivity contribution in [2.45, 2.75) is 38.7 Å². The molecule has 26 heavy (non-hydrogen) atoms. The van der Waals surface area contributed by atoms with Gasteiger partial charge in [-0.25, -0.2) is 9.97 Å². The summed E-state index contributed by atoms with van der Waals surface area (Å²) in [5, 5.41) is 0. The van der Waals surface area contributed by atoms with Gasteiger partial charge in [0.25, 0.3) is 0 Å². The van der Waals surface area contributed by atoms with E-state index in [1.165, 1.54) is 6.33 Å². The Hall–Kier alpha value is -2.51. The highest BCUT2D eigenvalue weighted by atomic mass is 16.5. The summed E-state index contributed by atoms with van der Waals surface area (Å²) in [5.74, 6) is 1.25. The molecule has 0 aliphatic carbocycles. The second-order valence-corrected chi connectivity index (χ2v) is 6.28. The predicted molar refractivity (Wildman–Crippen MR) is 95.7 cm³/mol. The maximum atomic E-state index is 5.95. The SMILES string of the molecule is COCc1nc2c(OCc3ccccc3)ncnc2n1C1CCCCO1. The van der Waals surface area contributed by atoms with E-state index in [0.29, 0.717) is 24.6 Å². The van der Waals surface area contributed by atoms with Gasteiger partial charge in [0.15, 0.2) is 11.2 Å². The van der Waals surface area contributed by atoms with Crippen LogP contribution in [0.4, 0.5) is 0 Å². The molecule has 0 radical (unpaired) electrons. The lowest BCUT2D eigenvalue weighted by Crippen LogP contribution is -2.20. The fourth-order valence-electron chi connectivity index (χ4n) is 3.23. The van der Waals surface area contributed by atoms with E-state index in [2.05, 4.69) is 9.97 Å². The molecular weight excluding hydrogens is 332 g/mol. The van der Waals surface area contributed by atoms with Crippen molar-refractivity contribution in [1.82, 2.24) is 19.5 Å². The van der Waals surface area contributed by atoms with Crippen LogP contribution in [-0.4, -0.2) is 33.2 Å². The van der Waals surface area contributed by atoms with Crippen LogP contribution in [0.3, 0.4) is 0 Å². The molecule has 0 amide bonds. The van der Waals surface area contributed by atoms with Gasteiger partial charge in [-0.1, -0.05) is 30.3 Å². The number of ether oxygens (including phenoxy) is 3. The summed E-state index contributed by atoms with van der Waals surface area (Å²) in [6, 6.07) is 9.99. The van der Waals surface area contributed by atoms with E-state index in [1.807, 2.05) is 34.9 Å². The van der Waals surface area contributed by atoms with Gasteiger partial charge in [-0.15, -0.1) is 0 Å². The lowest BCUT2D eigenvalue weighted by atomic mass is 10.2. The molecule has 0 saturated carbocycles. The lowest BCUT2D eigenvalue weighted by molar-refractivity contribution is -0.0335. The van der Waals surface area contributed by atoms with Crippen LogP contribution in [0.15, 0.2) is 36.7 Å². The molecule has 2 aromatic heterocycles. The van der Waals surface area contributed by atoms with Crippen molar-refractivity contribution < 1.29 is 14.2 Å². The standard InChI is InChI=1S/C19H22N4O3/c1-24-12-15-22-17-18(23(15)16-9-5-6-10-25-16)20-13-21-19(17)26-11-14-7-3-2-4-8-14/h2-4,7-8,13,16H,5-6,9-12H2,1H3. The van der Waals surface area contributed by atoms with Crippen LogP contribution >= 0.6 is 0 Å². The van der Waals surface area contributed by atoms with Crippen LogP contribution in [0.5, 0.6) is 5.88 Å². The number of rotatable bonds is 6. The summed E-state index contributed by atoms with van der Waals surface area (Å²) in [7, 11) is 1.66. The number of fused-ring (bicyclic) bond motifs is 1. The van der Waals surface area contributed by atoms with Crippen molar-refractivity contribution in [3.8, 4) is 5.88 Å². The van der Waals surface area contributed by atoms with E-state index in [0.717, 1.165) is 42.9 Å². The Morgan fingerprint density at radius 1 is 1.15 bits per heavy atom. The van der Waals surface area contributed by atoms with Crippen molar-refractivity contribution >= 4 is 11.2 Å². The lowest BCUT2D eigenvalue weighted by Gasteiger charge is -2.25. The molecule has 1 fully saturated rings. The minimum absolute atomic E-state index is 0.0734. The first-order valence-corrected chi connectivity index (χ1v) is 8.86. The molecule has 3 aromatic rings. The summed E-state index contributed by atoms with van der Waals surface area (Å²) in [4.78, 5) is 13.4. The molecule has 1 saturated heterocycles. The first kappa shape index (κ1) is 16.9. The molecule has 1 aliphatic rings. The first-order valence-electron chi connectivity index (χ1n) is 8.86. The largest absolute Gasteiger partial charge is 0.471 e. The van der Waals surface area contributed by atoms with Gasteiger partial charge in [0.05, 0.1) is 0 Å². The third-order valence-electron chi connectivity index (χ3n) is 4.45. The minimum Gasteiger partial charge on any atom is -0.471 e. The van der Waals surface area contributed by atoms with E-state index in [9.17, 15) is 0 Å². The number of benzene rings is 1. The molecule has 1 aliphatic heterocycles. The molecule has 1 atom stereocenters. The van der Waals surface area contributed by atoms with Gasteiger partial charge in [-0.05, 0) is 24.8 Å². The van der Waals surface area contributed by atoms with Gasteiger partial charge >= 0.3 is 0 Å². The Bertz CT molecular complexity index is 860. The topological polar surface area (TPSA) is 71.3 Å². The number of hydrogen-bond donors (Lipinski definition) is 0. The van der Waals surface area contributed by atoms with Crippen molar-refractivity contribution in [3.63, 3.8) is 0 Å². The quantitative estimate of drug-likeness (QED) is 0.677. The second kappa shape index (κ2) is 7.80. The molecule has 136 valence electrons. The summed E-state index contributed by atoms with van der Waals surface area (Å²) < 4.78 is 19.2. The molecule has 1 unspecified atom stereocenters. The van der Waals surface area contributed by atoms with Gasteiger partial charge in [0, 0.05) is 13.7 Å². The molecule has 7 nitrogen and oxygen atoms in total. The molecule has 7 heteroatoms. The molecule has 1 aromatic carbocycles. The van der Waals surface area contributed by atoms with E-state index in [1.54, 1.807) is 7.11 Å². The Kier molecular flexibility index (Phi) is 5.08. The maximum Gasteiger partial charge on any atom is 0.245 e. The van der Waals surface area contributed by atoms with E-state index in [-0.39, 0.29) is 6.23 Å². The molecule has 0 spiro atoms. The highest BCUT2D eigenvalue weighted by molar-refractivity contribution is 5.76. The number of nitrogens with zero attached hydrogens (tertiary/aromatic N) is 4. The fraction of sp³-hybridized carbons (Fsp3) is 0.421. The number of imidazole rings is 1. The molecule has 0 N–H and O–H groups in total. The van der Waals surface area contributed by atoms with Crippen LogP contribution < -0.4 is 4.74 Å². The van der Waals surface area contributed by atoms with Crippen molar-refractivity contribution in [1.29, 1.82) is 0 Å². The maximum absolute atomic E-state index is 5.95. The fourth-order valence-corrected chi connectivity index (χ4v) is 3.23. The molecular formula is C19H22N4O3. The average molecular weight is 354 g/mol. The van der Waals surface area contributed by atoms with Gasteiger partial charge in [-0.3, -0.25) is 4.57 Å². The zero-order valence-electron chi connectivity index (χ0n) is 14.8. The van der Waals surface area contributed by atoms with Crippen LogP contribution in [0.1, 0.15) is 36.9 Å². The smallest absolute Gasteiger partial charge is 0.245 e. The van der Waals surface area contributed by atoms with Crippen LogP contribution in [0.25, 0.3) is 11.2 Å². The normalized spacial score (nSPS) is 17.5. The first-order chi connectivity index (χ1) is 12.9. The molecule has 3 heterocycles. The summed E-state index contributed by atoms with van der Waals surface area (Å²) in [5.41, 5.74) is 2.44. The van der Waals surface area contributed by atoms with Crippen molar-refractivity contribution in [2.24, 2.45) is 0 Å².